The van der Waals surface area contributed by atoms with Crippen molar-refractivity contribution in [3.8, 4) is 16.9 Å². The molecule has 0 heterocycles. The predicted octanol–water partition coefficient (Wildman–Crippen LogP) is 8.26. The van der Waals surface area contributed by atoms with Gasteiger partial charge in [-0.2, -0.15) is 0 Å². The minimum absolute atomic E-state index is 0.307. The Bertz CT molecular complexity index is 1640. The lowest BCUT2D eigenvalue weighted by Gasteiger charge is -2.34. The van der Waals surface area contributed by atoms with Gasteiger partial charge in [0.25, 0.3) is 0 Å². The van der Waals surface area contributed by atoms with Crippen LogP contribution in [-0.4, -0.2) is 5.11 Å². The summed E-state index contributed by atoms with van der Waals surface area (Å²) in [6.45, 7) is 0. The molecule has 0 spiro atoms. The highest BCUT2D eigenvalue weighted by atomic mass is 16.3. The van der Waals surface area contributed by atoms with E-state index >= 15 is 0 Å². The van der Waals surface area contributed by atoms with Crippen LogP contribution in [0.25, 0.3) is 32.7 Å². The molecule has 1 nitrogen and oxygen atoms in total. The Morgan fingerprint density at radius 1 is 0.486 bits per heavy atom. The maximum Gasteiger partial charge on any atom is 0.115 e. The molecule has 0 saturated heterocycles. The van der Waals surface area contributed by atoms with Gasteiger partial charge in [-0.3, -0.25) is 0 Å². The Labute approximate surface area is 204 Å². The summed E-state index contributed by atoms with van der Waals surface area (Å²) in [6, 6.07) is 45.4. The van der Waals surface area contributed by atoms with Crippen LogP contribution < -0.4 is 0 Å². The van der Waals surface area contributed by atoms with Crippen LogP contribution in [0.15, 0.2) is 127 Å². The van der Waals surface area contributed by atoms with E-state index in [1.165, 1.54) is 49.4 Å². The number of fused-ring (bicyclic) bond motifs is 5. The summed E-state index contributed by atoms with van der Waals surface area (Å²) in [5.74, 6) is 0.307. The van der Waals surface area contributed by atoms with Crippen molar-refractivity contribution < 1.29 is 5.11 Å². The van der Waals surface area contributed by atoms with Crippen molar-refractivity contribution in [3.63, 3.8) is 0 Å². The second-order valence-corrected chi connectivity index (χ2v) is 9.61. The zero-order valence-corrected chi connectivity index (χ0v) is 19.3. The third-order valence-corrected chi connectivity index (χ3v) is 7.63. The van der Waals surface area contributed by atoms with E-state index in [0.717, 1.165) is 12.0 Å². The molecule has 0 aliphatic heterocycles. The maximum atomic E-state index is 10.3. The van der Waals surface area contributed by atoms with E-state index in [2.05, 4.69) is 109 Å². The monoisotopic (exact) mass is 448 g/mol. The molecule has 1 aliphatic rings. The normalized spacial score (nSPS) is 13.6. The highest BCUT2D eigenvalue weighted by molar-refractivity contribution is 5.99. The minimum atomic E-state index is -0.367. The van der Waals surface area contributed by atoms with Gasteiger partial charge in [0.15, 0.2) is 0 Å². The fourth-order valence-electron chi connectivity index (χ4n) is 6.08. The van der Waals surface area contributed by atoms with Crippen molar-refractivity contribution in [2.24, 2.45) is 0 Å². The van der Waals surface area contributed by atoms with E-state index < -0.39 is 0 Å². The second kappa shape index (κ2) is 7.58. The van der Waals surface area contributed by atoms with Gasteiger partial charge >= 0.3 is 0 Å². The summed E-state index contributed by atoms with van der Waals surface area (Å²) < 4.78 is 0. The molecule has 1 heteroatoms. The first kappa shape index (κ1) is 20.1. The van der Waals surface area contributed by atoms with Crippen molar-refractivity contribution >= 4 is 21.5 Å². The lowest BCUT2D eigenvalue weighted by atomic mass is 9.68. The Balaban J connectivity index is 1.63. The number of phenolic OH excluding ortho intramolecular Hbond substituents is 1. The fraction of sp³-hybridized carbons (Fsp3) is 0.0588. The molecule has 1 N–H and O–H groups in total. The minimum Gasteiger partial charge on any atom is -0.508 e. The van der Waals surface area contributed by atoms with Crippen LogP contribution in [0.3, 0.4) is 0 Å². The first-order valence-electron chi connectivity index (χ1n) is 12.1. The number of rotatable bonds is 3. The molecule has 7 rings (SSSR count). The molecule has 0 radical (unpaired) electrons. The molecule has 6 aromatic carbocycles. The molecule has 0 amide bonds. The first-order valence-corrected chi connectivity index (χ1v) is 12.1. The smallest absolute Gasteiger partial charge is 0.115 e. The molecule has 0 unspecified atom stereocenters. The van der Waals surface area contributed by atoms with Gasteiger partial charge in [0.05, 0.1) is 5.41 Å². The van der Waals surface area contributed by atoms with Gasteiger partial charge in [0, 0.05) is 0 Å². The largest absolute Gasteiger partial charge is 0.508 e. The van der Waals surface area contributed by atoms with Crippen LogP contribution in [0.5, 0.6) is 5.75 Å². The van der Waals surface area contributed by atoms with E-state index in [4.69, 9.17) is 0 Å². The van der Waals surface area contributed by atoms with Crippen molar-refractivity contribution in [2.75, 3.05) is 0 Å². The average Bonchev–Trinajstić information content (AvgIpc) is 3.15. The maximum absolute atomic E-state index is 10.3. The first-order chi connectivity index (χ1) is 17.2. The summed E-state index contributed by atoms with van der Waals surface area (Å²) in [5.41, 5.74) is 7.28. The van der Waals surface area contributed by atoms with Crippen LogP contribution in [0.1, 0.15) is 22.3 Å². The van der Waals surface area contributed by atoms with Gasteiger partial charge in [-0.1, -0.05) is 91.0 Å². The lowest BCUT2D eigenvalue weighted by Crippen LogP contribution is -2.29. The number of benzene rings is 6. The number of phenols is 1. The molecule has 0 atom stereocenters. The Kier molecular flexibility index (Phi) is 4.34. The Hall–Kier alpha value is -4.36. The second-order valence-electron chi connectivity index (χ2n) is 9.61. The molecule has 0 bridgehead atoms. The zero-order chi connectivity index (χ0) is 23.4. The van der Waals surface area contributed by atoms with Gasteiger partial charge in [-0.05, 0) is 97.7 Å². The van der Waals surface area contributed by atoms with E-state index in [1.807, 2.05) is 12.1 Å². The third kappa shape index (κ3) is 3.02. The highest BCUT2D eigenvalue weighted by Crippen LogP contribution is 2.56. The third-order valence-electron chi connectivity index (χ3n) is 7.63. The highest BCUT2D eigenvalue weighted by Gasteiger charge is 2.45. The SMILES string of the molecule is Oc1cccc(CC2(c3ccccc3)c3cc4ccccc4cc3-c3cc4ccccc4cc32)c1. The summed E-state index contributed by atoms with van der Waals surface area (Å²) in [6.07, 6.45) is 0.766. The summed E-state index contributed by atoms with van der Waals surface area (Å²) in [7, 11) is 0. The van der Waals surface area contributed by atoms with Gasteiger partial charge in [-0.25, -0.2) is 0 Å². The van der Waals surface area contributed by atoms with Crippen LogP contribution in [0.2, 0.25) is 0 Å². The van der Waals surface area contributed by atoms with E-state index in [9.17, 15) is 5.11 Å². The predicted molar refractivity (Wildman–Crippen MR) is 145 cm³/mol. The van der Waals surface area contributed by atoms with Crippen molar-refractivity contribution in [2.45, 2.75) is 11.8 Å². The van der Waals surface area contributed by atoms with Gasteiger partial charge in [-0.15, -0.1) is 0 Å². The van der Waals surface area contributed by atoms with E-state index in [-0.39, 0.29) is 5.41 Å². The molecule has 0 fully saturated rings. The standard InChI is InChI=1S/C34H24O/c35-29-16-8-9-23(17-29)22-34(28-14-2-1-3-15-28)32-20-26-12-6-4-10-24(26)18-30(32)31-19-25-11-5-7-13-27(25)21-33(31)34/h1-21,35H,22H2. The number of aromatic hydroxyl groups is 1. The van der Waals surface area contributed by atoms with E-state index in [1.54, 1.807) is 6.07 Å². The van der Waals surface area contributed by atoms with Gasteiger partial charge in [0.2, 0.25) is 0 Å². The van der Waals surface area contributed by atoms with Crippen LogP contribution in [0.4, 0.5) is 0 Å². The lowest BCUT2D eigenvalue weighted by molar-refractivity contribution is 0.473. The van der Waals surface area contributed by atoms with Crippen molar-refractivity contribution in [3.05, 3.63) is 150 Å². The van der Waals surface area contributed by atoms with Crippen molar-refractivity contribution in [1.82, 2.24) is 0 Å². The molecule has 6 aromatic rings. The molecule has 166 valence electrons. The van der Waals surface area contributed by atoms with Crippen LogP contribution in [0, 0.1) is 0 Å². The Morgan fingerprint density at radius 3 is 1.54 bits per heavy atom. The van der Waals surface area contributed by atoms with Crippen LogP contribution in [-0.2, 0) is 11.8 Å². The summed E-state index contributed by atoms with van der Waals surface area (Å²) in [4.78, 5) is 0. The molecular weight excluding hydrogens is 424 g/mol. The molecule has 1 aliphatic carbocycles. The quantitative estimate of drug-likeness (QED) is 0.289. The van der Waals surface area contributed by atoms with Gasteiger partial charge in [0.1, 0.15) is 5.75 Å². The zero-order valence-electron chi connectivity index (χ0n) is 19.3. The molecule has 0 aromatic heterocycles. The van der Waals surface area contributed by atoms with Crippen molar-refractivity contribution in [1.29, 1.82) is 0 Å². The topological polar surface area (TPSA) is 20.2 Å². The molecular formula is C34H24O. The number of hydrogen-bond donors (Lipinski definition) is 1. The molecule has 35 heavy (non-hydrogen) atoms. The average molecular weight is 449 g/mol. The fourth-order valence-corrected chi connectivity index (χ4v) is 6.08. The van der Waals surface area contributed by atoms with Crippen LogP contribution >= 0.6 is 0 Å². The Morgan fingerprint density at radius 2 is 1.00 bits per heavy atom. The molecule has 0 saturated carbocycles. The summed E-state index contributed by atoms with van der Waals surface area (Å²) in [5, 5.41) is 15.3. The van der Waals surface area contributed by atoms with E-state index in [0.29, 0.717) is 5.75 Å². The summed E-state index contributed by atoms with van der Waals surface area (Å²) >= 11 is 0. The van der Waals surface area contributed by atoms with Gasteiger partial charge < -0.3 is 5.11 Å². The number of hydrogen-bond acceptors (Lipinski definition) is 1.